The summed E-state index contributed by atoms with van der Waals surface area (Å²) in [5, 5.41) is 22.5. The van der Waals surface area contributed by atoms with Crippen molar-refractivity contribution in [3.63, 3.8) is 0 Å². The summed E-state index contributed by atoms with van der Waals surface area (Å²) >= 11 is 0. The van der Waals surface area contributed by atoms with Gasteiger partial charge in [0, 0.05) is 12.8 Å². The first-order chi connectivity index (χ1) is 25.8. The van der Waals surface area contributed by atoms with Crippen LogP contribution in [0.5, 0.6) is 0 Å². The summed E-state index contributed by atoms with van der Waals surface area (Å²) < 4.78 is 5.94. The van der Waals surface area contributed by atoms with Crippen LogP contribution in [-0.4, -0.2) is 59.3 Å². The Morgan fingerprint density at radius 3 is 1.53 bits per heavy atom. The Hall–Kier alpha value is -2.94. The summed E-state index contributed by atoms with van der Waals surface area (Å²) in [6.45, 7) is 3.41. The van der Waals surface area contributed by atoms with Crippen molar-refractivity contribution in [2.24, 2.45) is 0 Å². The molecule has 9 nitrogen and oxygen atoms in total. The highest BCUT2D eigenvalue weighted by atomic mass is 16.5. The van der Waals surface area contributed by atoms with E-state index in [4.69, 9.17) is 14.9 Å². The van der Waals surface area contributed by atoms with Crippen LogP contribution >= 0.6 is 0 Å². The Morgan fingerprint density at radius 1 is 0.566 bits per heavy atom. The van der Waals surface area contributed by atoms with Gasteiger partial charge in [-0.05, 0) is 77.0 Å². The fraction of sp³-hybridized carbons (Fsp3) is 0.773. The lowest BCUT2D eigenvalue weighted by molar-refractivity contribution is -0.150. The molecule has 2 amide bonds. The topological polar surface area (TPSA) is 142 Å². The average molecular weight is 747 g/mol. The molecule has 0 rings (SSSR count). The molecule has 0 aliphatic carbocycles. The number of carboxylic acid groups (broad SMARTS) is 1. The van der Waals surface area contributed by atoms with E-state index in [-0.39, 0.29) is 30.9 Å². The standard InChI is InChI=1S/C44H78N2O7/c1-3-5-7-9-10-11-12-13-14-15-16-17-18-19-20-21-22-23-24-26-32-36-43(50)53-39(33-29-25-8-6-4-2)34-30-27-28-31-35-41(48)45-37-42(49)46-40(38-47)44(51)52/h12-13,15-16,18-19,39-40,47H,3-11,14,17,20-38H2,1-2H3,(H,45,48)(H,46,49)(H,51,52)/b13-12-,16-15-,19-18-. The average Bonchev–Trinajstić information content (AvgIpc) is 3.14. The first-order valence-corrected chi connectivity index (χ1v) is 21.4. The van der Waals surface area contributed by atoms with Gasteiger partial charge in [0.25, 0.3) is 0 Å². The molecule has 0 aromatic rings. The summed E-state index contributed by atoms with van der Waals surface area (Å²) in [7, 11) is 0. The third-order valence-electron chi connectivity index (χ3n) is 9.39. The molecule has 53 heavy (non-hydrogen) atoms. The number of amides is 2. The molecular formula is C44H78N2O7. The fourth-order valence-corrected chi connectivity index (χ4v) is 6.07. The second-order valence-corrected chi connectivity index (χ2v) is 14.4. The molecule has 4 N–H and O–H groups in total. The first kappa shape index (κ1) is 50.1. The quantitative estimate of drug-likeness (QED) is 0.0280. The molecule has 0 aromatic heterocycles. The first-order valence-electron chi connectivity index (χ1n) is 21.4. The minimum Gasteiger partial charge on any atom is -0.480 e. The molecule has 0 saturated heterocycles. The van der Waals surface area contributed by atoms with E-state index in [9.17, 15) is 19.2 Å². The number of nitrogens with one attached hydrogen (secondary N) is 2. The van der Waals surface area contributed by atoms with Crippen LogP contribution in [0.2, 0.25) is 0 Å². The third-order valence-corrected chi connectivity index (χ3v) is 9.39. The van der Waals surface area contributed by atoms with E-state index >= 15 is 0 Å². The van der Waals surface area contributed by atoms with Gasteiger partial charge in [0.15, 0.2) is 0 Å². The number of allylic oxidation sites excluding steroid dienone is 6. The molecule has 0 heterocycles. The molecule has 0 aromatic carbocycles. The van der Waals surface area contributed by atoms with Crippen LogP contribution in [0.4, 0.5) is 0 Å². The summed E-state index contributed by atoms with van der Waals surface area (Å²) in [6.07, 6.45) is 43.3. The highest BCUT2D eigenvalue weighted by Crippen LogP contribution is 2.18. The van der Waals surface area contributed by atoms with E-state index in [1.807, 2.05) is 0 Å². The maximum absolute atomic E-state index is 12.7. The van der Waals surface area contributed by atoms with Crippen molar-refractivity contribution >= 4 is 23.8 Å². The second kappa shape index (κ2) is 38.8. The SMILES string of the molecule is CCCCCCC/C=C\C/C=C\C/C=C\CCCCCCCCC(=O)OC(CCCCCCC)CCCCCCC(=O)NCC(=O)NC(CO)C(=O)O. The van der Waals surface area contributed by atoms with Gasteiger partial charge in [-0.1, -0.05) is 140 Å². The van der Waals surface area contributed by atoms with Gasteiger partial charge in [-0.25, -0.2) is 4.79 Å². The Morgan fingerprint density at radius 2 is 1.02 bits per heavy atom. The van der Waals surface area contributed by atoms with Gasteiger partial charge >= 0.3 is 11.9 Å². The molecule has 9 heteroatoms. The monoisotopic (exact) mass is 747 g/mol. The fourth-order valence-electron chi connectivity index (χ4n) is 6.07. The molecule has 0 spiro atoms. The minimum absolute atomic E-state index is 0.0465. The van der Waals surface area contributed by atoms with Crippen molar-refractivity contribution < 1.29 is 34.1 Å². The molecule has 0 radical (unpaired) electrons. The van der Waals surface area contributed by atoms with Crippen LogP contribution in [0, 0.1) is 0 Å². The zero-order chi connectivity index (χ0) is 39.0. The number of unbranched alkanes of at least 4 members (excludes halogenated alkanes) is 18. The molecule has 0 aliphatic heterocycles. The Bertz CT molecular complexity index is 994. The molecule has 0 saturated carbocycles. The van der Waals surface area contributed by atoms with E-state index < -0.39 is 24.5 Å². The van der Waals surface area contributed by atoms with Crippen LogP contribution in [0.15, 0.2) is 36.5 Å². The van der Waals surface area contributed by atoms with Crippen LogP contribution in [-0.2, 0) is 23.9 Å². The second-order valence-electron chi connectivity index (χ2n) is 14.4. The lowest BCUT2D eigenvalue weighted by atomic mass is 10.0. The molecule has 0 fully saturated rings. The maximum Gasteiger partial charge on any atom is 0.328 e. The number of aliphatic hydroxyl groups is 1. The molecule has 306 valence electrons. The van der Waals surface area contributed by atoms with Gasteiger partial charge < -0.3 is 25.6 Å². The molecule has 2 atom stereocenters. The van der Waals surface area contributed by atoms with Crippen LogP contribution < -0.4 is 10.6 Å². The van der Waals surface area contributed by atoms with Gasteiger partial charge in [-0.2, -0.15) is 0 Å². The third kappa shape index (κ3) is 35.8. The van der Waals surface area contributed by atoms with E-state index in [0.717, 1.165) is 83.5 Å². The van der Waals surface area contributed by atoms with E-state index in [1.54, 1.807) is 0 Å². The van der Waals surface area contributed by atoms with Crippen LogP contribution in [0.3, 0.4) is 0 Å². The van der Waals surface area contributed by atoms with Gasteiger partial charge in [0.2, 0.25) is 11.8 Å². The zero-order valence-corrected chi connectivity index (χ0v) is 33.8. The smallest absolute Gasteiger partial charge is 0.328 e. The van der Waals surface area contributed by atoms with Crippen molar-refractivity contribution in [2.45, 2.75) is 206 Å². The van der Waals surface area contributed by atoms with E-state index in [1.165, 1.54) is 77.0 Å². The van der Waals surface area contributed by atoms with Gasteiger partial charge in [-0.3, -0.25) is 14.4 Å². The van der Waals surface area contributed by atoms with Gasteiger partial charge in [0.05, 0.1) is 13.2 Å². The minimum atomic E-state index is -1.39. The normalized spacial score (nSPS) is 12.8. The molecule has 0 aliphatic rings. The number of hydrogen-bond donors (Lipinski definition) is 4. The van der Waals surface area contributed by atoms with Crippen molar-refractivity contribution in [3.8, 4) is 0 Å². The number of carbonyl (C=O) groups excluding carboxylic acids is 3. The lowest BCUT2D eigenvalue weighted by Crippen LogP contribution is -2.47. The molecular weight excluding hydrogens is 668 g/mol. The van der Waals surface area contributed by atoms with Crippen LogP contribution in [0.1, 0.15) is 194 Å². The van der Waals surface area contributed by atoms with E-state index in [0.29, 0.717) is 12.8 Å². The van der Waals surface area contributed by atoms with Crippen molar-refractivity contribution in [2.75, 3.05) is 13.2 Å². The van der Waals surface area contributed by atoms with Crippen molar-refractivity contribution in [1.82, 2.24) is 10.6 Å². The van der Waals surface area contributed by atoms with Gasteiger partial charge in [0.1, 0.15) is 12.1 Å². The number of esters is 1. The highest BCUT2D eigenvalue weighted by molar-refractivity contribution is 5.87. The zero-order valence-electron chi connectivity index (χ0n) is 33.8. The predicted molar refractivity (Wildman–Crippen MR) is 218 cm³/mol. The maximum atomic E-state index is 12.7. The Labute approximate surface area is 323 Å². The predicted octanol–water partition coefficient (Wildman–Crippen LogP) is 10.2. The number of aliphatic hydroxyl groups excluding tert-OH is 1. The number of carboxylic acids is 1. The summed E-state index contributed by atoms with van der Waals surface area (Å²) in [5.41, 5.74) is 0. The summed E-state index contributed by atoms with van der Waals surface area (Å²) in [4.78, 5) is 47.4. The number of aliphatic carboxylic acids is 1. The summed E-state index contributed by atoms with van der Waals surface area (Å²) in [6, 6.07) is -1.39. The largest absolute Gasteiger partial charge is 0.480 e. The van der Waals surface area contributed by atoms with Crippen LogP contribution in [0.25, 0.3) is 0 Å². The summed E-state index contributed by atoms with van der Waals surface area (Å²) in [5.74, 6) is -2.35. The Balaban J connectivity index is 4.05. The van der Waals surface area contributed by atoms with Crippen molar-refractivity contribution in [3.05, 3.63) is 36.5 Å². The molecule has 0 bridgehead atoms. The van der Waals surface area contributed by atoms with E-state index in [2.05, 4.69) is 60.9 Å². The number of ether oxygens (including phenoxy) is 1. The Kier molecular flexibility index (Phi) is 36.6. The number of carbonyl (C=O) groups is 4. The number of hydrogen-bond acceptors (Lipinski definition) is 6. The lowest BCUT2D eigenvalue weighted by Gasteiger charge is -2.18. The van der Waals surface area contributed by atoms with Crippen molar-refractivity contribution in [1.29, 1.82) is 0 Å². The molecule has 2 unspecified atom stereocenters. The number of rotatable bonds is 38. The van der Waals surface area contributed by atoms with Gasteiger partial charge in [-0.15, -0.1) is 0 Å². The highest BCUT2D eigenvalue weighted by Gasteiger charge is 2.19.